The fourth-order valence-electron chi connectivity index (χ4n) is 2.33. The van der Waals surface area contributed by atoms with E-state index in [4.69, 9.17) is 5.73 Å². The number of hydrogen-bond acceptors (Lipinski definition) is 3. The van der Waals surface area contributed by atoms with Crippen molar-refractivity contribution in [2.75, 3.05) is 11.9 Å². The molecule has 1 saturated heterocycles. The van der Waals surface area contributed by atoms with Gasteiger partial charge in [-0.1, -0.05) is 15.9 Å². The van der Waals surface area contributed by atoms with Gasteiger partial charge in [-0.05, 0) is 44.5 Å². The zero-order chi connectivity index (χ0) is 13.1. The highest BCUT2D eigenvalue weighted by Crippen LogP contribution is 2.24. The molecule has 1 aromatic carbocycles. The maximum atomic E-state index is 11.4. The van der Waals surface area contributed by atoms with Crippen molar-refractivity contribution in [3.05, 3.63) is 28.2 Å². The summed E-state index contributed by atoms with van der Waals surface area (Å²) in [7, 11) is 0. The average molecular weight is 312 g/mol. The number of carbonyl (C=O) groups excluding carboxylic acids is 1. The van der Waals surface area contributed by atoms with Crippen LogP contribution >= 0.6 is 15.9 Å². The molecule has 1 amide bonds. The van der Waals surface area contributed by atoms with E-state index in [0.29, 0.717) is 17.6 Å². The van der Waals surface area contributed by atoms with E-state index in [-0.39, 0.29) is 0 Å². The molecule has 1 aromatic rings. The molecule has 1 fully saturated rings. The SMILES string of the molecule is CC1CC(Nc2cc(Br)ccc2C(N)=O)CCN1. The topological polar surface area (TPSA) is 67.1 Å². The van der Waals surface area contributed by atoms with Crippen molar-refractivity contribution in [3.8, 4) is 0 Å². The van der Waals surface area contributed by atoms with Crippen LogP contribution in [0.5, 0.6) is 0 Å². The quantitative estimate of drug-likeness (QED) is 0.801. The number of rotatable bonds is 3. The second-order valence-corrected chi connectivity index (χ2v) is 5.69. The van der Waals surface area contributed by atoms with E-state index in [2.05, 4.69) is 33.5 Å². The van der Waals surface area contributed by atoms with Crippen LogP contribution in [0.15, 0.2) is 22.7 Å². The molecule has 0 spiro atoms. The standard InChI is InChI=1S/C13H18BrN3O/c1-8-6-10(4-5-16-8)17-12-7-9(14)2-3-11(12)13(15)18/h2-3,7-8,10,16-17H,4-6H2,1H3,(H2,15,18). The highest BCUT2D eigenvalue weighted by Gasteiger charge is 2.19. The van der Waals surface area contributed by atoms with Gasteiger partial charge in [-0.15, -0.1) is 0 Å². The van der Waals surface area contributed by atoms with Gasteiger partial charge in [-0.2, -0.15) is 0 Å². The number of primary amides is 1. The largest absolute Gasteiger partial charge is 0.382 e. The molecular weight excluding hydrogens is 294 g/mol. The minimum absolute atomic E-state index is 0.383. The van der Waals surface area contributed by atoms with Crippen molar-refractivity contribution in [2.45, 2.75) is 31.8 Å². The molecule has 5 heteroatoms. The molecule has 1 heterocycles. The van der Waals surface area contributed by atoms with Crippen molar-refractivity contribution in [3.63, 3.8) is 0 Å². The molecule has 2 rings (SSSR count). The Bertz CT molecular complexity index is 450. The van der Waals surface area contributed by atoms with Gasteiger partial charge in [0.1, 0.15) is 0 Å². The molecule has 0 bridgehead atoms. The summed E-state index contributed by atoms with van der Waals surface area (Å²) >= 11 is 3.42. The van der Waals surface area contributed by atoms with Gasteiger partial charge >= 0.3 is 0 Å². The maximum Gasteiger partial charge on any atom is 0.250 e. The number of halogens is 1. The first-order chi connectivity index (χ1) is 8.56. The molecule has 0 aliphatic carbocycles. The van der Waals surface area contributed by atoms with E-state index in [1.165, 1.54) is 0 Å². The number of nitrogens with two attached hydrogens (primary N) is 1. The fourth-order valence-corrected chi connectivity index (χ4v) is 2.69. The fraction of sp³-hybridized carbons (Fsp3) is 0.462. The Hall–Kier alpha value is -1.07. The first-order valence-corrected chi connectivity index (χ1v) is 6.95. The van der Waals surface area contributed by atoms with Gasteiger partial charge in [-0.3, -0.25) is 4.79 Å². The van der Waals surface area contributed by atoms with Crippen molar-refractivity contribution in [1.82, 2.24) is 5.32 Å². The summed E-state index contributed by atoms with van der Waals surface area (Å²) in [6, 6.07) is 6.37. The van der Waals surface area contributed by atoms with E-state index >= 15 is 0 Å². The lowest BCUT2D eigenvalue weighted by molar-refractivity contribution is 0.100. The van der Waals surface area contributed by atoms with Gasteiger partial charge in [0.2, 0.25) is 0 Å². The summed E-state index contributed by atoms with van der Waals surface area (Å²) in [5.74, 6) is -0.396. The molecule has 0 aromatic heterocycles. The highest BCUT2D eigenvalue weighted by atomic mass is 79.9. The summed E-state index contributed by atoms with van der Waals surface area (Å²) in [4.78, 5) is 11.4. The Morgan fingerprint density at radius 2 is 2.33 bits per heavy atom. The third kappa shape index (κ3) is 3.23. The molecule has 2 unspecified atom stereocenters. The number of piperidine rings is 1. The van der Waals surface area contributed by atoms with Gasteiger partial charge in [0.15, 0.2) is 0 Å². The lowest BCUT2D eigenvalue weighted by Gasteiger charge is -2.30. The minimum Gasteiger partial charge on any atom is -0.382 e. The van der Waals surface area contributed by atoms with E-state index in [1.54, 1.807) is 6.07 Å². The smallest absolute Gasteiger partial charge is 0.250 e. The number of carbonyl (C=O) groups is 1. The summed E-state index contributed by atoms with van der Waals surface area (Å²) in [6.45, 7) is 3.17. The van der Waals surface area contributed by atoms with Crippen LogP contribution in [0.3, 0.4) is 0 Å². The van der Waals surface area contributed by atoms with Crippen LogP contribution in [-0.4, -0.2) is 24.5 Å². The van der Waals surface area contributed by atoms with E-state index in [1.807, 2.05) is 12.1 Å². The number of nitrogens with one attached hydrogen (secondary N) is 2. The van der Waals surface area contributed by atoms with E-state index in [0.717, 1.165) is 29.5 Å². The monoisotopic (exact) mass is 311 g/mol. The van der Waals surface area contributed by atoms with Crippen LogP contribution in [0.4, 0.5) is 5.69 Å². The van der Waals surface area contributed by atoms with Gasteiger partial charge in [0.05, 0.1) is 5.56 Å². The van der Waals surface area contributed by atoms with Crippen LogP contribution in [0.1, 0.15) is 30.1 Å². The highest BCUT2D eigenvalue weighted by molar-refractivity contribution is 9.10. The molecule has 18 heavy (non-hydrogen) atoms. The Kier molecular flexibility index (Phi) is 4.24. The molecule has 2 atom stereocenters. The summed E-state index contributed by atoms with van der Waals surface area (Å²) in [5, 5.41) is 6.84. The van der Waals surface area contributed by atoms with Crippen molar-refractivity contribution < 1.29 is 4.79 Å². The first kappa shape index (κ1) is 13.4. The molecule has 4 N–H and O–H groups in total. The van der Waals surface area contributed by atoms with Crippen LogP contribution in [0, 0.1) is 0 Å². The van der Waals surface area contributed by atoms with E-state index in [9.17, 15) is 4.79 Å². The molecule has 1 aliphatic heterocycles. The minimum atomic E-state index is -0.396. The Balaban J connectivity index is 2.16. The van der Waals surface area contributed by atoms with Gasteiger partial charge in [-0.25, -0.2) is 0 Å². The molecule has 0 saturated carbocycles. The second-order valence-electron chi connectivity index (χ2n) is 4.77. The zero-order valence-electron chi connectivity index (χ0n) is 10.4. The lowest BCUT2D eigenvalue weighted by atomic mass is 10.00. The molecule has 1 aliphatic rings. The molecule has 98 valence electrons. The lowest BCUT2D eigenvalue weighted by Crippen LogP contribution is -2.41. The number of hydrogen-bond donors (Lipinski definition) is 3. The van der Waals surface area contributed by atoms with Crippen molar-refractivity contribution in [2.24, 2.45) is 5.73 Å². The summed E-state index contributed by atoms with van der Waals surface area (Å²) in [5.41, 5.74) is 6.75. The normalized spacial score (nSPS) is 23.7. The Morgan fingerprint density at radius 3 is 3.00 bits per heavy atom. The van der Waals surface area contributed by atoms with Gasteiger partial charge in [0, 0.05) is 22.2 Å². The van der Waals surface area contributed by atoms with Crippen LogP contribution in [0.2, 0.25) is 0 Å². The zero-order valence-corrected chi connectivity index (χ0v) is 12.0. The predicted molar refractivity (Wildman–Crippen MR) is 76.8 cm³/mol. The van der Waals surface area contributed by atoms with Crippen LogP contribution in [-0.2, 0) is 0 Å². The third-order valence-corrected chi connectivity index (χ3v) is 3.72. The Labute approximate surface area is 115 Å². The second kappa shape index (κ2) is 5.71. The molecular formula is C13H18BrN3O. The Morgan fingerprint density at radius 1 is 1.56 bits per heavy atom. The van der Waals surface area contributed by atoms with Crippen LogP contribution < -0.4 is 16.4 Å². The van der Waals surface area contributed by atoms with Crippen molar-refractivity contribution >= 4 is 27.5 Å². The van der Waals surface area contributed by atoms with Gasteiger partial charge < -0.3 is 16.4 Å². The number of anilines is 1. The van der Waals surface area contributed by atoms with E-state index < -0.39 is 5.91 Å². The van der Waals surface area contributed by atoms with Crippen LogP contribution in [0.25, 0.3) is 0 Å². The predicted octanol–water partition coefficient (Wildman–Crippen LogP) is 2.10. The molecule has 0 radical (unpaired) electrons. The van der Waals surface area contributed by atoms with Crippen molar-refractivity contribution in [1.29, 1.82) is 0 Å². The number of amides is 1. The summed E-state index contributed by atoms with van der Waals surface area (Å²) in [6.07, 6.45) is 2.10. The summed E-state index contributed by atoms with van der Waals surface area (Å²) < 4.78 is 0.942. The van der Waals surface area contributed by atoms with Gasteiger partial charge in [0.25, 0.3) is 5.91 Å². The maximum absolute atomic E-state index is 11.4. The number of benzene rings is 1. The molecule has 4 nitrogen and oxygen atoms in total. The first-order valence-electron chi connectivity index (χ1n) is 6.15. The third-order valence-electron chi connectivity index (χ3n) is 3.23. The average Bonchev–Trinajstić information content (AvgIpc) is 2.28.